The Balaban J connectivity index is 2.08. The standard InChI is InChI=1S/C17H26N2O2/c1-13(2)14-6-5-7-15(12-14)21-17(3,4)16(20)19-10-8-18-9-11-19/h5-7,12-13,18H,8-11H2,1-4H3. The Hall–Kier alpha value is -1.55. The van der Waals surface area contributed by atoms with Gasteiger partial charge < -0.3 is 15.0 Å². The highest BCUT2D eigenvalue weighted by atomic mass is 16.5. The maximum absolute atomic E-state index is 12.6. The van der Waals surface area contributed by atoms with Crippen LogP contribution in [-0.2, 0) is 4.79 Å². The van der Waals surface area contributed by atoms with E-state index >= 15 is 0 Å². The number of nitrogens with zero attached hydrogens (tertiary/aromatic N) is 1. The summed E-state index contributed by atoms with van der Waals surface area (Å²) < 4.78 is 6.00. The van der Waals surface area contributed by atoms with Gasteiger partial charge in [-0.05, 0) is 37.5 Å². The first-order valence-electron chi connectivity index (χ1n) is 7.69. The average molecular weight is 290 g/mol. The van der Waals surface area contributed by atoms with E-state index in [1.807, 2.05) is 36.9 Å². The molecule has 1 N–H and O–H groups in total. The molecule has 0 atom stereocenters. The zero-order valence-electron chi connectivity index (χ0n) is 13.5. The van der Waals surface area contributed by atoms with Crippen LogP contribution in [0.2, 0.25) is 0 Å². The number of ether oxygens (including phenoxy) is 1. The van der Waals surface area contributed by atoms with Gasteiger partial charge in [-0.15, -0.1) is 0 Å². The molecule has 0 unspecified atom stereocenters. The molecular weight excluding hydrogens is 264 g/mol. The summed E-state index contributed by atoms with van der Waals surface area (Å²) >= 11 is 0. The molecule has 21 heavy (non-hydrogen) atoms. The molecule has 0 spiro atoms. The van der Waals surface area contributed by atoms with E-state index in [0.717, 1.165) is 31.9 Å². The van der Waals surface area contributed by atoms with Gasteiger partial charge in [-0.1, -0.05) is 26.0 Å². The number of carbonyl (C=O) groups excluding carboxylic acids is 1. The van der Waals surface area contributed by atoms with E-state index in [1.165, 1.54) is 5.56 Å². The first kappa shape index (κ1) is 15.8. The summed E-state index contributed by atoms with van der Waals surface area (Å²) in [6.45, 7) is 11.2. The van der Waals surface area contributed by atoms with Gasteiger partial charge in [0, 0.05) is 26.2 Å². The number of amides is 1. The molecule has 0 saturated carbocycles. The van der Waals surface area contributed by atoms with Gasteiger partial charge in [-0.25, -0.2) is 0 Å². The van der Waals surface area contributed by atoms with E-state index in [2.05, 4.69) is 25.2 Å². The van der Waals surface area contributed by atoms with Crippen LogP contribution in [0.15, 0.2) is 24.3 Å². The number of hydrogen-bond acceptors (Lipinski definition) is 3. The predicted molar refractivity (Wildman–Crippen MR) is 84.7 cm³/mol. The van der Waals surface area contributed by atoms with Crippen LogP contribution < -0.4 is 10.1 Å². The lowest BCUT2D eigenvalue weighted by atomic mass is 10.0. The third-order valence-electron chi connectivity index (χ3n) is 3.82. The molecule has 116 valence electrons. The zero-order valence-corrected chi connectivity index (χ0v) is 13.5. The summed E-state index contributed by atoms with van der Waals surface area (Å²) in [5, 5.41) is 3.26. The van der Waals surface area contributed by atoms with E-state index < -0.39 is 5.60 Å². The van der Waals surface area contributed by atoms with Crippen LogP contribution in [0.1, 0.15) is 39.2 Å². The van der Waals surface area contributed by atoms with Gasteiger partial charge in [0.2, 0.25) is 0 Å². The number of nitrogens with one attached hydrogen (secondary N) is 1. The first-order valence-corrected chi connectivity index (χ1v) is 7.69. The minimum Gasteiger partial charge on any atom is -0.478 e. The Bertz CT molecular complexity index is 491. The Morgan fingerprint density at radius 1 is 1.29 bits per heavy atom. The van der Waals surface area contributed by atoms with Crippen molar-refractivity contribution in [3.63, 3.8) is 0 Å². The van der Waals surface area contributed by atoms with Gasteiger partial charge in [0.05, 0.1) is 0 Å². The molecule has 4 heteroatoms. The second kappa shape index (κ2) is 6.48. The fourth-order valence-electron chi connectivity index (χ4n) is 2.52. The van der Waals surface area contributed by atoms with Crippen molar-refractivity contribution in [2.24, 2.45) is 0 Å². The molecule has 2 rings (SSSR count). The van der Waals surface area contributed by atoms with Crippen molar-refractivity contribution in [3.05, 3.63) is 29.8 Å². The minimum atomic E-state index is -0.840. The summed E-state index contributed by atoms with van der Waals surface area (Å²) in [6, 6.07) is 8.01. The lowest BCUT2D eigenvalue weighted by Crippen LogP contribution is -2.54. The molecule has 1 heterocycles. The third-order valence-corrected chi connectivity index (χ3v) is 3.82. The molecule has 0 aromatic heterocycles. The molecule has 1 aromatic carbocycles. The van der Waals surface area contributed by atoms with E-state index in [1.54, 1.807) is 0 Å². The van der Waals surface area contributed by atoms with Crippen LogP contribution in [0, 0.1) is 0 Å². The largest absolute Gasteiger partial charge is 0.478 e. The Morgan fingerprint density at radius 2 is 1.95 bits per heavy atom. The van der Waals surface area contributed by atoms with Crippen LogP contribution in [0.3, 0.4) is 0 Å². The van der Waals surface area contributed by atoms with E-state index in [0.29, 0.717) is 5.92 Å². The smallest absolute Gasteiger partial charge is 0.266 e. The van der Waals surface area contributed by atoms with Crippen LogP contribution in [0.25, 0.3) is 0 Å². The lowest BCUT2D eigenvalue weighted by Gasteiger charge is -2.34. The number of rotatable bonds is 4. The topological polar surface area (TPSA) is 41.6 Å². The fourth-order valence-corrected chi connectivity index (χ4v) is 2.52. The molecule has 1 saturated heterocycles. The van der Waals surface area contributed by atoms with Crippen molar-refractivity contribution in [1.29, 1.82) is 0 Å². The van der Waals surface area contributed by atoms with Crippen molar-refractivity contribution >= 4 is 5.91 Å². The predicted octanol–water partition coefficient (Wildman–Crippen LogP) is 2.40. The number of piperazine rings is 1. The van der Waals surface area contributed by atoms with E-state index in [-0.39, 0.29) is 5.91 Å². The molecule has 0 aliphatic carbocycles. The van der Waals surface area contributed by atoms with Crippen LogP contribution in [-0.4, -0.2) is 42.6 Å². The molecule has 0 radical (unpaired) electrons. The normalized spacial score (nSPS) is 16.1. The highest BCUT2D eigenvalue weighted by molar-refractivity contribution is 5.85. The van der Waals surface area contributed by atoms with Gasteiger partial charge in [0.15, 0.2) is 5.60 Å². The molecule has 0 bridgehead atoms. The summed E-state index contributed by atoms with van der Waals surface area (Å²) in [6.07, 6.45) is 0. The maximum atomic E-state index is 12.6. The number of hydrogen-bond donors (Lipinski definition) is 1. The van der Waals surface area contributed by atoms with Crippen LogP contribution >= 0.6 is 0 Å². The second-order valence-corrected chi connectivity index (χ2v) is 6.38. The van der Waals surface area contributed by atoms with Crippen molar-refractivity contribution in [3.8, 4) is 5.75 Å². The molecule has 1 aliphatic heterocycles. The lowest BCUT2D eigenvalue weighted by molar-refractivity contribution is -0.146. The Kier molecular flexibility index (Phi) is 4.88. The van der Waals surface area contributed by atoms with Gasteiger partial charge >= 0.3 is 0 Å². The van der Waals surface area contributed by atoms with Crippen LogP contribution in [0.5, 0.6) is 5.75 Å². The third kappa shape index (κ3) is 3.97. The molecule has 1 fully saturated rings. The second-order valence-electron chi connectivity index (χ2n) is 6.38. The van der Waals surface area contributed by atoms with Gasteiger partial charge in [0.25, 0.3) is 5.91 Å². The SMILES string of the molecule is CC(C)c1cccc(OC(C)(C)C(=O)N2CCNCC2)c1. The van der Waals surface area contributed by atoms with Crippen molar-refractivity contribution in [1.82, 2.24) is 10.2 Å². The van der Waals surface area contributed by atoms with Gasteiger partial charge in [0.1, 0.15) is 5.75 Å². The minimum absolute atomic E-state index is 0.0546. The van der Waals surface area contributed by atoms with E-state index in [9.17, 15) is 4.79 Å². The number of benzene rings is 1. The van der Waals surface area contributed by atoms with Crippen LogP contribution in [0.4, 0.5) is 0 Å². The summed E-state index contributed by atoms with van der Waals surface area (Å²) in [7, 11) is 0. The Labute approximate surface area is 127 Å². The molecule has 1 amide bonds. The summed E-state index contributed by atoms with van der Waals surface area (Å²) in [4.78, 5) is 14.5. The van der Waals surface area contributed by atoms with Gasteiger partial charge in [-0.2, -0.15) is 0 Å². The quantitative estimate of drug-likeness (QED) is 0.926. The molecule has 4 nitrogen and oxygen atoms in total. The number of carbonyl (C=O) groups is 1. The highest BCUT2D eigenvalue weighted by Crippen LogP contribution is 2.24. The summed E-state index contributed by atoms with van der Waals surface area (Å²) in [5.41, 5.74) is 0.380. The Morgan fingerprint density at radius 3 is 2.57 bits per heavy atom. The molecular formula is C17H26N2O2. The first-order chi connectivity index (χ1) is 9.90. The highest BCUT2D eigenvalue weighted by Gasteiger charge is 2.34. The zero-order chi connectivity index (χ0) is 15.5. The van der Waals surface area contributed by atoms with Crippen molar-refractivity contribution in [2.45, 2.75) is 39.2 Å². The fraction of sp³-hybridized carbons (Fsp3) is 0.588. The van der Waals surface area contributed by atoms with Crippen molar-refractivity contribution in [2.75, 3.05) is 26.2 Å². The van der Waals surface area contributed by atoms with Gasteiger partial charge in [-0.3, -0.25) is 4.79 Å². The van der Waals surface area contributed by atoms with Crippen molar-refractivity contribution < 1.29 is 9.53 Å². The maximum Gasteiger partial charge on any atom is 0.266 e. The monoisotopic (exact) mass is 290 g/mol. The van der Waals surface area contributed by atoms with E-state index in [4.69, 9.17) is 4.74 Å². The molecule has 1 aliphatic rings. The summed E-state index contributed by atoms with van der Waals surface area (Å²) in [5.74, 6) is 1.26. The molecule has 1 aromatic rings. The average Bonchev–Trinajstić information content (AvgIpc) is 2.47.